The van der Waals surface area contributed by atoms with Gasteiger partial charge < -0.3 is 20.7 Å². The minimum absolute atomic E-state index is 0.0593. The van der Waals surface area contributed by atoms with Crippen LogP contribution < -0.4 is 20.7 Å². The molecule has 0 heterocycles. The molecule has 10 nitrogen and oxygen atoms in total. The quantitative estimate of drug-likeness (QED) is 0.481. The molecule has 2 rings (SSSR count). The van der Waals surface area contributed by atoms with E-state index in [1.807, 2.05) is 0 Å². The third kappa shape index (κ3) is 5.76. The Bertz CT molecular complexity index is 959. The van der Waals surface area contributed by atoms with Crippen molar-refractivity contribution >= 4 is 34.8 Å². The Hall–Kier alpha value is -3.95. The molecule has 0 aromatic heterocycles. The van der Waals surface area contributed by atoms with Crippen molar-refractivity contribution in [1.82, 2.24) is 5.32 Å². The molecular weight excluding hydrogens is 380 g/mol. The summed E-state index contributed by atoms with van der Waals surface area (Å²) < 4.78 is 5.19. The fourth-order valence-corrected chi connectivity index (χ4v) is 2.43. The minimum Gasteiger partial charge on any atom is -0.495 e. The summed E-state index contributed by atoms with van der Waals surface area (Å²) in [7, 11) is 1.43. The standard InChI is InChI=1S/C19H20N4O6/c1-11(20-19(26)13-5-4-6-15(9-13)23(27)28)18(25)22-16-10-14(21-12(2)24)7-8-17(16)29-3/h4-11H,1-3H3,(H,20,26)(H,21,24)(H,22,25). The zero-order chi connectivity index (χ0) is 21.6. The van der Waals surface area contributed by atoms with Crippen LogP contribution in [-0.4, -0.2) is 35.8 Å². The molecule has 3 N–H and O–H groups in total. The Morgan fingerprint density at radius 1 is 1.10 bits per heavy atom. The third-order valence-corrected chi connectivity index (χ3v) is 3.84. The average molecular weight is 400 g/mol. The summed E-state index contributed by atoms with van der Waals surface area (Å²) in [4.78, 5) is 46.2. The average Bonchev–Trinajstić information content (AvgIpc) is 2.67. The molecular formula is C19H20N4O6. The number of nitrogens with zero attached hydrogens (tertiary/aromatic N) is 1. The highest BCUT2D eigenvalue weighted by atomic mass is 16.6. The number of nitro benzene ring substituents is 1. The van der Waals surface area contributed by atoms with Gasteiger partial charge in [-0.3, -0.25) is 24.5 Å². The van der Waals surface area contributed by atoms with Crippen LogP contribution in [0.15, 0.2) is 42.5 Å². The zero-order valence-corrected chi connectivity index (χ0v) is 16.0. The second kappa shape index (κ2) is 9.31. The van der Waals surface area contributed by atoms with E-state index in [2.05, 4.69) is 16.0 Å². The molecule has 29 heavy (non-hydrogen) atoms. The molecule has 0 spiro atoms. The first-order valence-electron chi connectivity index (χ1n) is 8.53. The van der Waals surface area contributed by atoms with Crippen LogP contribution in [0.2, 0.25) is 0 Å². The lowest BCUT2D eigenvalue weighted by atomic mass is 10.1. The van der Waals surface area contributed by atoms with E-state index in [0.717, 1.165) is 6.07 Å². The van der Waals surface area contributed by atoms with Gasteiger partial charge in [0.25, 0.3) is 11.6 Å². The number of ether oxygens (including phenoxy) is 1. The van der Waals surface area contributed by atoms with Crippen molar-refractivity contribution < 1.29 is 24.0 Å². The number of nitro groups is 1. The largest absolute Gasteiger partial charge is 0.495 e. The van der Waals surface area contributed by atoms with E-state index in [9.17, 15) is 24.5 Å². The lowest BCUT2D eigenvalue weighted by Gasteiger charge is -2.16. The summed E-state index contributed by atoms with van der Waals surface area (Å²) in [5, 5.41) is 18.5. The fourth-order valence-electron chi connectivity index (χ4n) is 2.43. The van der Waals surface area contributed by atoms with Gasteiger partial charge in [0.15, 0.2) is 0 Å². The first-order valence-corrected chi connectivity index (χ1v) is 8.53. The molecule has 2 aromatic rings. The molecule has 0 aliphatic heterocycles. The Morgan fingerprint density at radius 2 is 1.83 bits per heavy atom. The lowest BCUT2D eigenvalue weighted by molar-refractivity contribution is -0.384. The van der Waals surface area contributed by atoms with Gasteiger partial charge in [-0.25, -0.2) is 0 Å². The van der Waals surface area contributed by atoms with Crippen molar-refractivity contribution in [3.63, 3.8) is 0 Å². The van der Waals surface area contributed by atoms with Gasteiger partial charge in [-0.2, -0.15) is 0 Å². The van der Waals surface area contributed by atoms with Crippen LogP contribution in [0.4, 0.5) is 17.1 Å². The predicted molar refractivity (Wildman–Crippen MR) is 106 cm³/mol. The number of methoxy groups -OCH3 is 1. The number of carbonyl (C=O) groups is 3. The number of nitrogens with one attached hydrogen (secondary N) is 3. The summed E-state index contributed by atoms with van der Waals surface area (Å²) in [6.07, 6.45) is 0. The van der Waals surface area contributed by atoms with Crippen molar-refractivity contribution in [2.24, 2.45) is 0 Å². The van der Waals surface area contributed by atoms with Crippen LogP contribution in [0.1, 0.15) is 24.2 Å². The monoisotopic (exact) mass is 400 g/mol. The van der Waals surface area contributed by atoms with Gasteiger partial charge in [-0.15, -0.1) is 0 Å². The van der Waals surface area contributed by atoms with Gasteiger partial charge in [0.1, 0.15) is 11.8 Å². The minimum atomic E-state index is -0.948. The van der Waals surface area contributed by atoms with Crippen LogP contribution in [0, 0.1) is 10.1 Å². The van der Waals surface area contributed by atoms with Crippen LogP contribution >= 0.6 is 0 Å². The highest BCUT2D eigenvalue weighted by Gasteiger charge is 2.19. The topological polar surface area (TPSA) is 140 Å². The summed E-state index contributed by atoms with van der Waals surface area (Å²) in [5.41, 5.74) is 0.598. The van der Waals surface area contributed by atoms with Gasteiger partial charge in [-0.05, 0) is 31.2 Å². The second-order valence-electron chi connectivity index (χ2n) is 6.09. The van der Waals surface area contributed by atoms with Crippen molar-refractivity contribution in [1.29, 1.82) is 0 Å². The van der Waals surface area contributed by atoms with Crippen LogP contribution in [0.5, 0.6) is 5.75 Å². The number of rotatable bonds is 7. The highest BCUT2D eigenvalue weighted by Crippen LogP contribution is 2.28. The van der Waals surface area contributed by atoms with E-state index < -0.39 is 22.8 Å². The molecule has 0 bridgehead atoms. The maximum atomic E-state index is 12.5. The molecule has 2 aromatic carbocycles. The van der Waals surface area contributed by atoms with Crippen molar-refractivity contribution in [2.75, 3.05) is 17.7 Å². The van der Waals surface area contributed by atoms with Crippen LogP contribution in [-0.2, 0) is 9.59 Å². The van der Waals surface area contributed by atoms with E-state index in [1.165, 1.54) is 45.2 Å². The molecule has 0 aliphatic rings. The molecule has 0 saturated heterocycles. The first kappa shape index (κ1) is 21.4. The van der Waals surface area contributed by atoms with Gasteiger partial charge in [-0.1, -0.05) is 6.07 Å². The molecule has 1 unspecified atom stereocenters. The molecule has 10 heteroatoms. The fraction of sp³-hybridized carbons (Fsp3) is 0.211. The summed E-state index contributed by atoms with van der Waals surface area (Å²) in [5.74, 6) is -1.08. The van der Waals surface area contributed by atoms with Crippen LogP contribution in [0.3, 0.4) is 0 Å². The Morgan fingerprint density at radius 3 is 2.45 bits per heavy atom. The van der Waals surface area contributed by atoms with Gasteiger partial charge in [0.05, 0.1) is 17.7 Å². The van der Waals surface area contributed by atoms with E-state index in [1.54, 1.807) is 12.1 Å². The number of anilines is 2. The molecule has 0 fully saturated rings. The highest BCUT2D eigenvalue weighted by molar-refractivity contribution is 6.02. The number of benzene rings is 2. The number of non-ortho nitro benzene ring substituents is 1. The van der Waals surface area contributed by atoms with Gasteiger partial charge in [0, 0.05) is 30.3 Å². The number of carbonyl (C=O) groups excluding carboxylic acids is 3. The maximum Gasteiger partial charge on any atom is 0.270 e. The third-order valence-electron chi connectivity index (χ3n) is 3.84. The lowest BCUT2D eigenvalue weighted by Crippen LogP contribution is -2.41. The molecule has 0 radical (unpaired) electrons. The zero-order valence-electron chi connectivity index (χ0n) is 16.0. The van der Waals surface area contributed by atoms with Crippen LogP contribution in [0.25, 0.3) is 0 Å². The molecule has 1 atom stereocenters. The predicted octanol–water partition coefficient (Wildman–Crippen LogP) is 2.32. The van der Waals surface area contributed by atoms with Gasteiger partial charge >= 0.3 is 0 Å². The number of amides is 3. The van der Waals surface area contributed by atoms with Gasteiger partial charge in [0.2, 0.25) is 11.8 Å². The van der Waals surface area contributed by atoms with Crippen molar-refractivity contribution in [3.05, 3.63) is 58.1 Å². The first-order chi connectivity index (χ1) is 13.7. The van der Waals surface area contributed by atoms with E-state index in [0.29, 0.717) is 17.1 Å². The SMILES string of the molecule is COc1ccc(NC(C)=O)cc1NC(=O)C(C)NC(=O)c1cccc([N+](=O)[O-])c1. The molecule has 0 aliphatic carbocycles. The molecule has 152 valence electrons. The molecule has 0 saturated carbocycles. The maximum absolute atomic E-state index is 12.5. The normalized spacial score (nSPS) is 11.1. The summed E-state index contributed by atoms with van der Waals surface area (Å²) >= 11 is 0. The Balaban J connectivity index is 2.10. The van der Waals surface area contributed by atoms with E-state index in [4.69, 9.17) is 4.74 Å². The van der Waals surface area contributed by atoms with E-state index in [-0.39, 0.29) is 17.2 Å². The number of hydrogen-bond donors (Lipinski definition) is 3. The summed E-state index contributed by atoms with van der Waals surface area (Å²) in [6.45, 7) is 2.82. The Labute approximate surface area is 166 Å². The van der Waals surface area contributed by atoms with Crippen molar-refractivity contribution in [3.8, 4) is 5.75 Å². The Kier molecular flexibility index (Phi) is 6.85. The van der Waals surface area contributed by atoms with Crippen molar-refractivity contribution in [2.45, 2.75) is 19.9 Å². The van der Waals surface area contributed by atoms with E-state index >= 15 is 0 Å². The number of hydrogen-bond acceptors (Lipinski definition) is 6. The molecule has 3 amide bonds. The second-order valence-corrected chi connectivity index (χ2v) is 6.09. The summed E-state index contributed by atoms with van der Waals surface area (Å²) in [6, 6.07) is 8.95. The smallest absolute Gasteiger partial charge is 0.270 e.